The summed E-state index contributed by atoms with van der Waals surface area (Å²) < 4.78 is 17.9. The van der Waals surface area contributed by atoms with Crippen LogP contribution in [-0.2, 0) is 22.4 Å². The Kier molecular flexibility index (Phi) is 13.5. The third kappa shape index (κ3) is 11.0. The van der Waals surface area contributed by atoms with Gasteiger partial charge in [0, 0.05) is 12.8 Å². The summed E-state index contributed by atoms with van der Waals surface area (Å²) >= 11 is 0. The van der Waals surface area contributed by atoms with E-state index in [9.17, 15) is 14.7 Å². The zero-order valence-corrected chi connectivity index (χ0v) is 26.6. The van der Waals surface area contributed by atoms with Crippen LogP contribution in [0.15, 0.2) is 91.0 Å². The third-order valence-electron chi connectivity index (χ3n) is 7.71. The Morgan fingerprint density at radius 3 is 2.00 bits per heavy atom. The molecule has 0 atom stereocenters. The first kappa shape index (κ1) is 34.1. The molecule has 4 rings (SSSR count). The second-order valence-corrected chi connectivity index (χ2v) is 11.2. The van der Waals surface area contributed by atoms with Crippen LogP contribution in [0.1, 0.15) is 63.0 Å². The van der Waals surface area contributed by atoms with Crippen molar-refractivity contribution in [2.45, 2.75) is 64.7 Å². The van der Waals surface area contributed by atoms with Crippen molar-refractivity contribution in [1.82, 2.24) is 0 Å². The number of aryl methyl sites for hydroxylation is 1. The molecule has 0 aliphatic rings. The van der Waals surface area contributed by atoms with Crippen molar-refractivity contribution >= 4 is 11.9 Å². The summed E-state index contributed by atoms with van der Waals surface area (Å²) in [5.41, 5.74) is 6.38. The Morgan fingerprint density at radius 2 is 1.24 bits per heavy atom. The molecule has 7 nitrogen and oxygen atoms in total. The highest BCUT2D eigenvalue weighted by atomic mass is 16.5. The Labute approximate surface area is 271 Å². The van der Waals surface area contributed by atoms with Gasteiger partial charge in [-0.15, -0.1) is 0 Å². The highest BCUT2D eigenvalue weighted by Crippen LogP contribution is 2.33. The predicted molar refractivity (Wildman–Crippen MR) is 181 cm³/mol. The van der Waals surface area contributed by atoms with Gasteiger partial charge in [0.1, 0.15) is 17.2 Å². The van der Waals surface area contributed by atoms with E-state index in [1.165, 1.54) is 0 Å². The average molecular weight is 625 g/mol. The normalized spacial score (nSPS) is 10.8. The molecule has 0 spiro atoms. The van der Waals surface area contributed by atoms with E-state index in [-0.39, 0.29) is 19.4 Å². The fraction of sp³-hybridized carbons (Fsp3) is 0.333. The highest BCUT2D eigenvalue weighted by molar-refractivity contribution is 5.76. The maximum atomic E-state index is 11.3. The lowest BCUT2D eigenvalue weighted by Gasteiger charge is -2.15. The molecule has 0 fully saturated rings. The van der Waals surface area contributed by atoms with Gasteiger partial charge in [-0.25, -0.2) is 0 Å². The molecule has 0 saturated heterocycles. The lowest BCUT2D eigenvalue weighted by atomic mass is 9.97. The molecule has 0 amide bonds. The van der Waals surface area contributed by atoms with Crippen LogP contribution in [0.2, 0.25) is 0 Å². The summed E-state index contributed by atoms with van der Waals surface area (Å²) in [4.78, 5) is 22.1. The van der Waals surface area contributed by atoms with E-state index in [1.54, 1.807) is 0 Å². The number of benzene rings is 4. The number of ether oxygens (including phenoxy) is 3. The van der Waals surface area contributed by atoms with Crippen LogP contribution in [0, 0.1) is 0 Å². The minimum absolute atomic E-state index is 0.0188. The van der Waals surface area contributed by atoms with Gasteiger partial charge < -0.3 is 24.4 Å². The first-order valence-electron chi connectivity index (χ1n) is 16.2. The quantitative estimate of drug-likeness (QED) is 0.0947. The van der Waals surface area contributed by atoms with Crippen LogP contribution in [0.25, 0.3) is 22.3 Å². The number of hydrogen-bond acceptors (Lipinski definition) is 5. The minimum atomic E-state index is -0.858. The number of hydrogen-bond donors (Lipinski definition) is 2. The minimum Gasteiger partial charge on any atom is -0.494 e. The van der Waals surface area contributed by atoms with E-state index in [0.717, 1.165) is 77.0 Å². The molecule has 0 saturated carbocycles. The van der Waals surface area contributed by atoms with Gasteiger partial charge in [-0.3, -0.25) is 9.59 Å². The summed E-state index contributed by atoms with van der Waals surface area (Å²) in [6.07, 6.45) is 5.58. The summed E-state index contributed by atoms with van der Waals surface area (Å²) in [5, 5.41) is 18.2. The monoisotopic (exact) mass is 624 g/mol. The van der Waals surface area contributed by atoms with Crippen molar-refractivity contribution in [3.8, 4) is 39.5 Å². The molecule has 4 aromatic carbocycles. The number of carboxylic acids is 2. The molecule has 0 aliphatic carbocycles. The number of carbonyl (C=O) groups is 2. The van der Waals surface area contributed by atoms with Crippen LogP contribution in [-0.4, -0.2) is 42.0 Å². The van der Waals surface area contributed by atoms with Gasteiger partial charge in [-0.1, -0.05) is 67.4 Å². The number of rotatable bonds is 20. The van der Waals surface area contributed by atoms with E-state index in [0.29, 0.717) is 31.8 Å². The molecule has 0 bridgehead atoms. The first-order valence-corrected chi connectivity index (χ1v) is 16.2. The van der Waals surface area contributed by atoms with Gasteiger partial charge in [0.2, 0.25) is 0 Å². The highest BCUT2D eigenvalue weighted by Gasteiger charge is 2.13. The molecule has 0 aliphatic heterocycles. The van der Waals surface area contributed by atoms with Gasteiger partial charge in [0.05, 0.1) is 19.8 Å². The van der Waals surface area contributed by atoms with Gasteiger partial charge in [-0.05, 0) is 109 Å². The SMILES string of the molecule is CCOc1cccc(-c2cc(OCCCCCCc3cccc(OCCCC(=O)O)c3CCC(=O)O)cc(-c3ccccc3)c2)c1. The van der Waals surface area contributed by atoms with Crippen LogP contribution < -0.4 is 14.2 Å². The number of carboxylic acid groups (broad SMARTS) is 2. The fourth-order valence-electron chi connectivity index (χ4n) is 5.44. The molecule has 0 heterocycles. The van der Waals surface area contributed by atoms with Gasteiger partial charge >= 0.3 is 11.9 Å². The molecule has 242 valence electrons. The van der Waals surface area contributed by atoms with E-state index >= 15 is 0 Å². The van der Waals surface area contributed by atoms with Gasteiger partial charge in [0.25, 0.3) is 0 Å². The molecule has 4 aromatic rings. The summed E-state index contributed by atoms with van der Waals surface area (Å²) in [6.45, 7) is 3.49. The first-order chi connectivity index (χ1) is 22.4. The zero-order valence-electron chi connectivity index (χ0n) is 26.6. The second-order valence-electron chi connectivity index (χ2n) is 11.2. The molecule has 0 unspecified atom stereocenters. The lowest BCUT2D eigenvalue weighted by Crippen LogP contribution is -2.07. The van der Waals surface area contributed by atoms with Crippen molar-refractivity contribution in [3.63, 3.8) is 0 Å². The van der Waals surface area contributed by atoms with E-state index < -0.39 is 11.9 Å². The standard InChI is InChI=1S/C39H44O7/c1-2-44-34-18-10-17-31(26-34)33-25-32(29-13-7-5-8-14-29)27-35(28-33)45-23-9-4-3-6-15-30-16-11-19-37(36(30)21-22-39(42)43)46-24-12-20-38(40)41/h5,7-8,10-11,13-14,16-19,25-28H,2-4,6,9,12,15,20-24H2,1H3,(H,40,41)(H,42,43). The van der Waals surface area contributed by atoms with E-state index in [1.807, 2.05) is 55.5 Å². The zero-order chi connectivity index (χ0) is 32.6. The summed E-state index contributed by atoms with van der Waals surface area (Å²) in [7, 11) is 0. The summed E-state index contributed by atoms with van der Waals surface area (Å²) in [6, 6.07) is 30.6. The van der Waals surface area contributed by atoms with Crippen molar-refractivity contribution in [2.24, 2.45) is 0 Å². The Morgan fingerprint density at radius 1 is 0.565 bits per heavy atom. The lowest BCUT2D eigenvalue weighted by molar-refractivity contribution is -0.138. The molecule has 0 aromatic heterocycles. The molecule has 46 heavy (non-hydrogen) atoms. The topological polar surface area (TPSA) is 102 Å². The molecule has 7 heteroatoms. The fourth-order valence-corrected chi connectivity index (χ4v) is 5.44. The van der Waals surface area contributed by atoms with Crippen molar-refractivity contribution in [2.75, 3.05) is 19.8 Å². The Balaban J connectivity index is 1.33. The Bertz CT molecular complexity index is 1550. The molecular weight excluding hydrogens is 580 g/mol. The van der Waals surface area contributed by atoms with Crippen molar-refractivity contribution in [3.05, 3.63) is 102 Å². The predicted octanol–water partition coefficient (Wildman–Crippen LogP) is 8.86. The van der Waals surface area contributed by atoms with Gasteiger partial charge in [-0.2, -0.15) is 0 Å². The van der Waals surface area contributed by atoms with Crippen LogP contribution in [0.5, 0.6) is 17.2 Å². The second kappa shape index (κ2) is 18.3. The van der Waals surface area contributed by atoms with E-state index in [2.05, 4.69) is 42.5 Å². The largest absolute Gasteiger partial charge is 0.494 e. The smallest absolute Gasteiger partial charge is 0.303 e. The molecule has 2 N–H and O–H groups in total. The van der Waals surface area contributed by atoms with Crippen LogP contribution >= 0.6 is 0 Å². The van der Waals surface area contributed by atoms with Crippen molar-refractivity contribution in [1.29, 1.82) is 0 Å². The average Bonchev–Trinajstić information content (AvgIpc) is 3.06. The molecule has 0 radical (unpaired) electrons. The molecular formula is C39H44O7. The Hall–Kier alpha value is -4.78. The van der Waals surface area contributed by atoms with Crippen LogP contribution in [0.3, 0.4) is 0 Å². The van der Waals surface area contributed by atoms with Crippen LogP contribution in [0.4, 0.5) is 0 Å². The maximum absolute atomic E-state index is 11.3. The number of aliphatic carboxylic acids is 2. The summed E-state index contributed by atoms with van der Waals surface area (Å²) in [5.74, 6) is 0.618. The van der Waals surface area contributed by atoms with Crippen molar-refractivity contribution < 1.29 is 34.0 Å². The van der Waals surface area contributed by atoms with Gasteiger partial charge in [0.15, 0.2) is 0 Å². The number of unbranched alkanes of at least 4 members (excludes halogenated alkanes) is 3. The maximum Gasteiger partial charge on any atom is 0.303 e. The third-order valence-corrected chi connectivity index (χ3v) is 7.71. The van der Waals surface area contributed by atoms with E-state index in [4.69, 9.17) is 19.3 Å².